The SMILES string of the molecule is Nc1nc(Nc2ccccc2Br)nc(N2CCOCC2)n1. The van der Waals surface area contributed by atoms with Crippen LogP contribution in [0.15, 0.2) is 28.7 Å². The highest BCUT2D eigenvalue weighted by Crippen LogP contribution is 2.24. The summed E-state index contributed by atoms with van der Waals surface area (Å²) in [7, 11) is 0. The van der Waals surface area contributed by atoms with Gasteiger partial charge in [-0.2, -0.15) is 15.0 Å². The molecule has 0 unspecified atom stereocenters. The van der Waals surface area contributed by atoms with E-state index in [4.69, 9.17) is 10.5 Å². The average Bonchev–Trinajstić information content (AvgIpc) is 2.50. The van der Waals surface area contributed by atoms with Crippen molar-refractivity contribution in [2.24, 2.45) is 0 Å². The van der Waals surface area contributed by atoms with Crippen molar-refractivity contribution in [3.8, 4) is 0 Å². The first-order chi connectivity index (χ1) is 10.2. The Labute approximate surface area is 130 Å². The monoisotopic (exact) mass is 350 g/mol. The molecular weight excluding hydrogens is 336 g/mol. The number of nitrogens with zero attached hydrogens (tertiary/aromatic N) is 4. The minimum Gasteiger partial charge on any atom is -0.378 e. The summed E-state index contributed by atoms with van der Waals surface area (Å²) in [6, 6.07) is 7.74. The Morgan fingerprint density at radius 3 is 2.67 bits per heavy atom. The zero-order valence-electron chi connectivity index (χ0n) is 11.3. The Balaban J connectivity index is 1.85. The fraction of sp³-hybridized carbons (Fsp3) is 0.308. The first kappa shape index (κ1) is 14.0. The number of hydrogen-bond acceptors (Lipinski definition) is 7. The van der Waals surface area contributed by atoms with E-state index in [1.54, 1.807) is 0 Å². The quantitative estimate of drug-likeness (QED) is 0.872. The zero-order valence-corrected chi connectivity index (χ0v) is 12.9. The van der Waals surface area contributed by atoms with Crippen LogP contribution in [0.1, 0.15) is 0 Å². The van der Waals surface area contributed by atoms with Crippen molar-refractivity contribution in [2.75, 3.05) is 42.3 Å². The van der Waals surface area contributed by atoms with Crippen LogP contribution in [0.3, 0.4) is 0 Å². The van der Waals surface area contributed by atoms with Gasteiger partial charge in [0.1, 0.15) is 0 Å². The van der Waals surface area contributed by atoms with Gasteiger partial charge in [0, 0.05) is 17.6 Å². The molecule has 0 amide bonds. The Bertz CT molecular complexity index is 632. The molecule has 21 heavy (non-hydrogen) atoms. The third-order valence-electron chi connectivity index (χ3n) is 3.06. The van der Waals surface area contributed by atoms with Crippen LogP contribution in [0.2, 0.25) is 0 Å². The van der Waals surface area contributed by atoms with Crippen LogP contribution in [0.4, 0.5) is 23.5 Å². The number of nitrogens with two attached hydrogens (primary N) is 1. The predicted octanol–water partition coefficient (Wildman–Crippen LogP) is 1.80. The molecule has 1 aromatic heterocycles. The number of morpholine rings is 1. The maximum atomic E-state index is 5.79. The van der Waals surface area contributed by atoms with Gasteiger partial charge < -0.3 is 20.7 Å². The Kier molecular flexibility index (Phi) is 4.16. The van der Waals surface area contributed by atoms with Crippen molar-refractivity contribution in [1.29, 1.82) is 0 Å². The van der Waals surface area contributed by atoms with Crippen LogP contribution < -0.4 is 16.0 Å². The summed E-state index contributed by atoms with van der Waals surface area (Å²) in [5.74, 6) is 1.19. The van der Waals surface area contributed by atoms with E-state index in [9.17, 15) is 0 Å². The van der Waals surface area contributed by atoms with Crippen LogP contribution in [0.25, 0.3) is 0 Å². The van der Waals surface area contributed by atoms with Gasteiger partial charge in [-0.05, 0) is 28.1 Å². The van der Waals surface area contributed by atoms with E-state index in [2.05, 4.69) is 36.2 Å². The molecule has 1 aliphatic heterocycles. The second-order valence-electron chi connectivity index (χ2n) is 4.52. The summed E-state index contributed by atoms with van der Waals surface area (Å²) in [6.07, 6.45) is 0. The summed E-state index contributed by atoms with van der Waals surface area (Å²) in [6.45, 7) is 2.83. The number of ether oxygens (including phenoxy) is 1. The number of aromatic nitrogens is 3. The Morgan fingerprint density at radius 1 is 1.14 bits per heavy atom. The fourth-order valence-corrected chi connectivity index (χ4v) is 2.41. The van der Waals surface area contributed by atoms with Gasteiger partial charge in [0.15, 0.2) is 0 Å². The number of rotatable bonds is 3. The molecule has 3 rings (SSSR count). The van der Waals surface area contributed by atoms with E-state index in [0.29, 0.717) is 25.1 Å². The molecule has 0 spiro atoms. The highest BCUT2D eigenvalue weighted by Gasteiger charge is 2.16. The lowest BCUT2D eigenvalue weighted by Crippen LogP contribution is -2.37. The van der Waals surface area contributed by atoms with E-state index in [-0.39, 0.29) is 5.95 Å². The third kappa shape index (κ3) is 3.40. The zero-order chi connectivity index (χ0) is 14.7. The van der Waals surface area contributed by atoms with Crippen LogP contribution in [-0.2, 0) is 4.74 Å². The molecule has 3 N–H and O–H groups in total. The van der Waals surface area contributed by atoms with Gasteiger partial charge in [-0.1, -0.05) is 12.1 Å². The van der Waals surface area contributed by atoms with Crippen molar-refractivity contribution >= 4 is 39.5 Å². The largest absolute Gasteiger partial charge is 0.378 e. The maximum absolute atomic E-state index is 5.79. The molecule has 0 aliphatic carbocycles. The maximum Gasteiger partial charge on any atom is 0.233 e. The lowest BCUT2D eigenvalue weighted by atomic mass is 10.3. The number of halogens is 1. The second kappa shape index (κ2) is 6.23. The smallest absolute Gasteiger partial charge is 0.233 e. The molecule has 0 saturated carbocycles. The molecule has 0 atom stereocenters. The minimum atomic E-state index is 0.195. The number of para-hydroxylation sites is 1. The van der Waals surface area contributed by atoms with E-state index >= 15 is 0 Å². The third-order valence-corrected chi connectivity index (χ3v) is 3.75. The van der Waals surface area contributed by atoms with Gasteiger partial charge in [0.25, 0.3) is 0 Å². The Hall–Kier alpha value is -1.93. The van der Waals surface area contributed by atoms with Gasteiger partial charge in [0.05, 0.1) is 18.9 Å². The summed E-state index contributed by atoms with van der Waals surface area (Å²) >= 11 is 3.48. The van der Waals surface area contributed by atoms with Gasteiger partial charge >= 0.3 is 0 Å². The summed E-state index contributed by atoms with van der Waals surface area (Å²) in [5, 5.41) is 3.15. The molecule has 8 heteroatoms. The average molecular weight is 351 g/mol. The molecule has 0 bridgehead atoms. The van der Waals surface area contributed by atoms with E-state index in [1.165, 1.54) is 0 Å². The molecule has 1 aliphatic rings. The number of nitrogen functional groups attached to an aromatic ring is 1. The van der Waals surface area contributed by atoms with E-state index in [1.807, 2.05) is 29.2 Å². The topological polar surface area (TPSA) is 89.2 Å². The van der Waals surface area contributed by atoms with Crippen molar-refractivity contribution in [2.45, 2.75) is 0 Å². The van der Waals surface area contributed by atoms with Gasteiger partial charge in [-0.15, -0.1) is 0 Å². The molecule has 7 nitrogen and oxygen atoms in total. The lowest BCUT2D eigenvalue weighted by Gasteiger charge is -2.26. The highest BCUT2D eigenvalue weighted by atomic mass is 79.9. The molecule has 2 heterocycles. The van der Waals surface area contributed by atoms with Crippen LogP contribution in [0, 0.1) is 0 Å². The summed E-state index contributed by atoms with van der Waals surface area (Å²) in [4.78, 5) is 14.8. The van der Waals surface area contributed by atoms with E-state index < -0.39 is 0 Å². The molecule has 1 aromatic carbocycles. The number of benzene rings is 1. The number of nitrogens with one attached hydrogen (secondary N) is 1. The predicted molar refractivity (Wildman–Crippen MR) is 84.7 cm³/mol. The standard InChI is InChI=1S/C13H15BrN6O/c14-9-3-1-2-4-10(9)16-12-17-11(15)18-13(19-12)20-5-7-21-8-6-20/h1-4H,5-8H2,(H3,15,16,17,18,19). The van der Waals surface area contributed by atoms with Crippen LogP contribution in [0.5, 0.6) is 0 Å². The first-order valence-electron chi connectivity index (χ1n) is 6.58. The minimum absolute atomic E-state index is 0.195. The lowest BCUT2D eigenvalue weighted by molar-refractivity contribution is 0.122. The molecular formula is C13H15BrN6O. The normalized spacial score (nSPS) is 15.0. The highest BCUT2D eigenvalue weighted by molar-refractivity contribution is 9.10. The van der Waals surface area contributed by atoms with Crippen LogP contribution in [-0.4, -0.2) is 41.3 Å². The summed E-state index contributed by atoms with van der Waals surface area (Å²) in [5.41, 5.74) is 6.66. The van der Waals surface area contributed by atoms with E-state index in [0.717, 1.165) is 23.2 Å². The molecule has 2 aromatic rings. The van der Waals surface area contributed by atoms with Crippen molar-refractivity contribution in [3.63, 3.8) is 0 Å². The van der Waals surface area contributed by atoms with Crippen molar-refractivity contribution in [1.82, 2.24) is 15.0 Å². The molecule has 110 valence electrons. The first-order valence-corrected chi connectivity index (χ1v) is 7.37. The van der Waals surface area contributed by atoms with Gasteiger partial charge in [-0.3, -0.25) is 0 Å². The summed E-state index contributed by atoms with van der Waals surface area (Å²) < 4.78 is 6.25. The fourth-order valence-electron chi connectivity index (χ4n) is 2.02. The molecule has 0 radical (unpaired) electrons. The van der Waals surface area contributed by atoms with Crippen molar-refractivity contribution < 1.29 is 4.74 Å². The number of anilines is 4. The van der Waals surface area contributed by atoms with Gasteiger partial charge in [0.2, 0.25) is 17.8 Å². The van der Waals surface area contributed by atoms with Crippen LogP contribution >= 0.6 is 15.9 Å². The van der Waals surface area contributed by atoms with Crippen molar-refractivity contribution in [3.05, 3.63) is 28.7 Å². The number of hydrogen-bond donors (Lipinski definition) is 2. The van der Waals surface area contributed by atoms with Gasteiger partial charge in [-0.25, -0.2) is 0 Å². The second-order valence-corrected chi connectivity index (χ2v) is 5.38. The molecule has 1 saturated heterocycles. The Morgan fingerprint density at radius 2 is 1.90 bits per heavy atom. The molecule has 1 fully saturated rings.